The lowest BCUT2D eigenvalue weighted by Gasteiger charge is -2.19. The van der Waals surface area contributed by atoms with E-state index in [1.807, 2.05) is 30.9 Å². The number of halogens is 1. The lowest BCUT2D eigenvalue weighted by Crippen LogP contribution is -2.45. The summed E-state index contributed by atoms with van der Waals surface area (Å²) in [5.74, 6) is 1.92. The van der Waals surface area contributed by atoms with E-state index in [-0.39, 0.29) is 30.1 Å². The fraction of sp³-hybridized carbons (Fsp3) is 0.588. The molecule has 1 aromatic rings. The molecule has 1 aliphatic heterocycles. The highest BCUT2D eigenvalue weighted by atomic mass is 127. The quantitative estimate of drug-likeness (QED) is 0.423. The van der Waals surface area contributed by atoms with E-state index in [0.717, 1.165) is 29.9 Å². The Labute approximate surface area is 160 Å². The molecule has 1 aliphatic carbocycles. The van der Waals surface area contributed by atoms with Crippen molar-refractivity contribution in [2.75, 3.05) is 19.8 Å². The van der Waals surface area contributed by atoms with Crippen LogP contribution in [0.25, 0.3) is 0 Å². The molecule has 2 aliphatic rings. The van der Waals surface area contributed by atoms with Gasteiger partial charge in [-0.3, -0.25) is 4.99 Å². The molecule has 1 heterocycles. The van der Waals surface area contributed by atoms with Crippen molar-refractivity contribution in [3.63, 3.8) is 0 Å². The first-order chi connectivity index (χ1) is 10.8. The minimum Gasteiger partial charge on any atom is -0.488 e. The highest BCUT2D eigenvalue weighted by molar-refractivity contribution is 14.0. The van der Waals surface area contributed by atoms with Gasteiger partial charge in [-0.05, 0) is 37.1 Å². The van der Waals surface area contributed by atoms with E-state index < -0.39 is 0 Å². The number of thioether (sulfide) groups is 1. The first-order valence-electron chi connectivity index (χ1n) is 8.03. The Morgan fingerprint density at radius 3 is 2.87 bits per heavy atom. The second-order valence-electron chi connectivity index (χ2n) is 6.02. The molecule has 3 unspecified atom stereocenters. The maximum Gasteiger partial charge on any atom is 0.191 e. The van der Waals surface area contributed by atoms with Crippen LogP contribution in [-0.4, -0.2) is 43.2 Å². The van der Waals surface area contributed by atoms with E-state index >= 15 is 0 Å². The molecule has 0 bridgehead atoms. The monoisotopic (exact) mass is 447 g/mol. The number of hydrogen-bond donors (Lipinski definition) is 2. The topological polar surface area (TPSA) is 45.7 Å². The second kappa shape index (κ2) is 9.01. The molecule has 6 heteroatoms. The van der Waals surface area contributed by atoms with E-state index in [0.29, 0.717) is 6.04 Å². The van der Waals surface area contributed by atoms with Crippen molar-refractivity contribution in [1.82, 2.24) is 10.6 Å². The molecule has 0 aromatic heterocycles. The van der Waals surface area contributed by atoms with Gasteiger partial charge < -0.3 is 15.4 Å². The molecule has 3 rings (SSSR count). The van der Waals surface area contributed by atoms with Gasteiger partial charge in [-0.15, -0.1) is 24.0 Å². The van der Waals surface area contributed by atoms with Crippen molar-refractivity contribution in [3.8, 4) is 5.75 Å². The summed E-state index contributed by atoms with van der Waals surface area (Å²) in [5, 5.41) is 7.75. The number of guanidine groups is 1. The van der Waals surface area contributed by atoms with Crippen LogP contribution in [-0.2, 0) is 6.42 Å². The first-order valence-corrected chi connectivity index (χ1v) is 9.32. The Balaban J connectivity index is 0.00000192. The minimum atomic E-state index is 0. The Morgan fingerprint density at radius 2 is 2.17 bits per heavy atom. The van der Waals surface area contributed by atoms with Crippen molar-refractivity contribution in [2.24, 2.45) is 4.99 Å². The van der Waals surface area contributed by atoms with Crippen LogP contribution >= 0.6 is 35.7 Å². The summed E-state index contributed by atoms with van der Waals surface area (Å²) in [6.45, 7) is 0.785. The highest BCUT2D eigenvalue weighted by Crippen LogP contribution is 2.28. The summed E-state index contributed by atoms with van der Waals surface area (Å²) in [5.41, 5.74) is 1.30. The number of para-hydroxylation sites is 1. The average Bonchev–Trinajstić information content (AvgIpc) is 3.17. The summed E-state index contributed by atoms with van der Waals surface area (Å²) < 4.78 is 5.96. The van der Waals surface area contributed by atoms with E-state index in [1.54, 1.807) is 0 Å². The third kappa shape index (κ3) is 4.92. The molecule has 23 heavy (non-hydrogen) atoms. The van der Waals surface area contributed by atoms with Crippen molar-refractivity contribution < 1.29 is 4.74 Å². The van der Waals surface area contributed by atoms with Crippen molar-refractivity contribution in [2.45, 2.75) is 43.1 Å². The third-order valence-corrected chi connectivity index (χ3v) is 5.59. The highest BCUT2D eigenvalue weighted by Gasteiger charge is 2.25. The largest absolute Gasteiger partial charge is 0.488 e. The zero-order valence-corrected chi connectivity index (χ0v) is 16.9. The van der Waals surface area contributed by atoms with Gasteiger partial charge in [0.05, 0.1) is 6.54 Å². The molecule has 0 radical (unpaired) electrons. The second-order valence-corrected chi connectivity index (χ2v) is 7.15. The number of rotatable bonds is 4. The Hall–Kier alpha value is -0.630. The molecule has 1 fully saturated rings. The molecule has 3 atom stereocenters. The van der Waals surface area contributed by atoms with Crippen LogP contribution in [0.5, 0.6) is 5.75 Å². The van der Waals surface area contributed by atoms with E-state index in [1.165, 1.54) is 24.8 Å². The van der Waals surface area contributed by atoms with Crippen LogP contribution in [0.15, 0.2) is 29.3 Å². The van der Waals surface area contributed by atoms with Crippen LogP contribution in [0, 0.1) is 0 Å². The van der Waals surface area contributed by atoms with Gasteiger partial charge in [0.15, 0.2) is 5.96 Å². The van der Waals surface area contributed by atoms with Crippen molar-refractivity contribution in [1.29, 1.82) is 0 Å². The van der Waals surface area contributed by atoms with Crippen LogP contribution < -0.4 is 15.4 Å². The number of hydrogen-bond acceptors (Lipinski definition) is 3. The zero-order chi connectivity index (χ0) is 15.4. The predicted molar refractivity (Wildman–Crippen MR) is 109 cm³/mol. The Morgan fingerprint density at radius 1 is 1.35 bits per heavy atom. The molecule has 0 spiro atoms. The van der Waals surface area contributed by atoms with Gasteiger partial charge in [-0.2, -0.15) is 11.8 Å². The fourth-order valence-electron chi connectivity index (χ4n) is 3.25. The molecule has 128 valence electrons. The summed E-state index contributed by atoms with van der Waals surface area (Å²) in [4.78, 5) is 4.34. The van der Waals surface area contributed by atoms with Gasteiger partial charge in [0.1, 0.15) is 11.9 Å². The van der Waals surface area contributed by atoms with Gasteiger partial charge in [-0.25, -0.2) is 0 Å². The zero-order valence-electron chi connectivity index (χ0n) is 13.7. The van der Waals surface area contributed by atoms with Gasteiger partial charge in [0, 0.05) is 24.8 Å². The molecule has 0 saturated heterocycles. The standard InChI is InChI=1S/C17H25N3OS.HI/c1-18-17(20-13-7-8-15(10-13)22-2)19-11-14-9-12-5-3-4-6-16(12)21-14;/h3-6,13-15H,7-11H2,1-2H3,(H2,18,19,20);1H. The molecule has 4 nitrogen and oxygen atoms in total. The van der Waals surface area contributed by atoms with Gasteiger partial charge in [-0.1, -0.05) is 18.2 Å². The molecule has 0 amide bonds. The number of nitrogens with zero attached hydrogens (tertiary/aromatic N) is 1. The smallest absolute Gasteiger partial charge is 0.191 e. The minimum absolute atomic E-state index is 0. The normalized spacial score (nSPS) is 26.2. The maximum absolute atomic E-state index is 5.96. The van der Waals surface area contributed by atoms with E-state index in [2.05, 4.69) is 34.0 Å². The summed E-state index contributed by atoms with van der Waals surface area (Å²) in [6, 6.07) is 8.83. The first kappa shape index (κ1) is 18.7. The fourth-order valence-corrected chi connectivity index (χ4v) is 4.05. The molecule has 2 N–H and O–H groups in total. The molecule has 1 aromatic carbocycles. The van der Waals surface area contributed by atoms with E-state index in [4.69, 9.17) is 4.74 Å². The van der Waals surface area contributed by atoms with Crippen molar-refractivity contribution >= 4 is 41.7 Å². The van der Waals surface area contributed by atoms with Crippen molar-refractivity contribution in [3.05, 3.63) is 29.8 Å². The van der Waals surface area contributed by atoms with Gasteiger partial charge in [0.2, 0.25) is 0 Å². The third-order valence-electron chi connectivity index (χ3n) is 4.49. The maximum atomic E-state index is 5.96. The molecular formula is C17H26IN3OS. The summed E-state index contributed by atoms with van der Waals surface area (Å²) >= 11 is 1.98. The summed E-state index contributed by atoms with van der Waals surface area (Å²) in [6.07, 6.45) is 7.13. The van der Waals surface area contributed by atoms with Crippen LogP contribution in [0.4, 0.5) is 0 Å². The lowest BCUT2D eigenvalue weighted by molar-refractivity contribution is 0.234. The van der Waals surface area contributed by atoms with Crippen LogP contribution in [0.1, 0.15) is 24.8 Å². The average molecular weight is 447 g/mol. The number of benzene rings is 1. The van der Waals surface area contributed by atoms with Crippen LogP contribution in [0.3, 0.4) is 0 Å². The molecular weight excluding hydrogens is 421 g/mol. The van der Waals surface area contributed by atoms with E-state index in [9.17, 15) is 0 Å². The molecule has 1 saturated carbocycles. The number of aliphatic imine (C=N–C) groups is 1. The number of fused-ring (bicyclic) bond motifs is 1. The summed E-state index contributed by atoms with van der Waals surface area (Å²) in [7, 11) is 1.83. The van der Waals surface area contributed by atoms with Gasteiger partial charge in [0.25, 0.3) is 0 Å². The lowest BCUT2D eigenvalue weighted by atomic mass is 10.1. The Bertz CT molecular complexity index is 515. The number of ether oxygens (including phenoxy) is 1. The Kier molecular flexibility index (Phi) is 7.33. The predicted octanol–water partition coefficient (Wildman–Crippen LogP) is 3.06. The number of nitrogens with one attached hydrogen (secondary N) is 2. The van der Waals surface area contributed by atoms with Crippen LogP contribution in [0.2, 0.25) is 0 Å². The van der Waals surface area contributed by atoms with Gasteiger partial charge >= 0.3 is 0 Å². The SMILES string of the molecule is CN=C(NCC1Cc2ccccc2O1)NC1CCC(SC)C1.I.